The molecule has 0 aromatic heterocycles. The molecule has 0 bridgehead atoms. The Morgan fingerprint density at radius 2 is 2.00 bits per heavy atom. The van der Waals surface area contributed by atoms with Crippen molar-refractivity contribution in [3.05, 3.63) is 24.3 Å². The fraction of sp³-hybridized carbons (Fsp3) is 0.462. The SMILES string of the molecule is CCS(=O)(=O)c1ccccc1NCC(=O)NC1CC1. The fourth-order valence-corrected chi connectivity index (χ4v) is 2.79. The van der Waals surface area contributed by atoms with Crippen LogP contribution in [0.15, 0.2) is 29.2 Å². The van der Waals surface area contributed by atoms with Gasteiger partial charge in [0.1, 0.15) is 0 Å². The van der Waals surface area contributed by atoms with Gasteiger partial charge in [-0.3, -0.25) is 4.79 Å². The Balaban J connectivity index is 2.05. The normalized spacial score (nSPS) is 15.0. The molecule has 1 amide bonds. The van der Waals surface area contributed by atoms with E-state index in [0.717, 1.165) is 12.8 Å². The van der Waals surface area contributed by atoms with Crippen LogP contribution in [0.5, 0.6) is 0 Å². The molecule has 2 N–H and O–H groups in total. The monoisotopic (exact) mass is 282 g/mol. The summed E-state index contributed by atoms with van der Waals surface area (Å²) in [4.78, 5) is 11.8. The maximum absolute atomic E-state index is 11.9. The Kier molecular flexibility index (Phi) is 4.09. The van der Waals surface area contributed by atoms with Crippen LogP contribution in [-0.2, 0) is 14.6 Å². The Morgan fingerprint density at radius 3 is 2.63 bits per heavy atom. The van der Waals surface area contributed by atoms with Gasteiger partial charge in [-0.05, 0) is 25.0 Å². The maximum atomic E-state index is 11.9. The quantitative estimate of drug-likeness (QED) is 0.821. The van der Waals surface area contributed by atoms with Crippen LogP contribution in [0.4, 0.5) is 5.69 Å². The van der Waals surface area contributed by atoms with Gasteiger partial charge < -0.3 is 10.6 Å². The highest BCUT2D eigenvalue weighted by Gasteiger charge is 2.23. The van der Waals surface area contributed by atoms with Crippen LogP contribution in [0.25, 0.3) is 0 Å². The maximum Gasteiger partial charge on any atom is 0.239 e. The van der Waals surface area contributed by atoms with Crippen molar-refractivity contribution < 1.29 is 13.2 Å². The van der Waals surface area contributed by atoms with E-state index in [2.05, 4.69) is 10.6 Å². The average Bonchev–Trinajstić information content (AvgIpc) is 3.20. The average molecular weight is 282 g/mol. The Morgan fingerprint density at radius 1 is 1.32 bits per heavy atom. The first-order valence-corrected chi connectivity index (χ1v) is 8.03. The van der Waals surface area contributed by atoms with Gasteiger partial charge in [0.2, 0.25) is 5.91 Å². The lowest BCUT2D eigenvalue weighted by Gasteiger charge is -2.11. The molecule has 0 spiro atoms. The third kappa shape index (κ3) is 3.70. The van der Waals surface area contributed by atoms with E-state index >= 15 is 0 Å². The lowest BCUT2D eigenvalue weighted by Crippen LogP contribution is -2.31. The van der Waals surface area contributed by atoms with Gasteiger partial charge in [0, 0.05) is 6.04 Å². The standard InChI is InChI=1S/C13H18N2O3S/c1-2-19(17,18)12-6-4-3-5-11(12)14-9-13(16)15-10-7-8-10/h3-6,10,14H,2,7-9H2,1H3,(H,15,16). The van der Waals surface area contributed by atoms with Crippen molar-refractivity contribution in [3.8, 4) is 0 Å². The summed E-state index contributed by atoms with van der Waals surface area (Å²) in [5, 5.41) is 5.74. The summed E-state index contributed by atoms with van der Waals surface area (Å²) < 4.78 is 23.8. The van der Waals surface area contributed by atoms with Crippen LogP contribution in [0, 0.1) is 0 Å². The first kappa shape index (κ1) is 13.9. The largest absolute Gasteiger partial charge is 0.375 e. The molecule has 1 aliphatic rings. The van der Waals surface area contributed by atoms with Gasteiger partial charge in [0.15, 0.2) is 9.84 Å². The second kappa shape index (κ2) is 5.61. The molecule has 0 radical (unpaired) electrons. The van der Waals surface area contributed by atoms with Crippen molar-refractivity contribution in [3.63, 3.8) is 0 Å². The molecule has 104 valence electrons. The molecule has 1 aromatic rings. The topological polar surface area (TPSA) is 75.3 Å². The molecule has 0 saturated heterocycles. The minimum absolute atomic E-state index is 0.0416. The van der Waals surface area contributed by atoms with Gasteiger partial charge in [0.05, 0.1) is 22.9 Å². The summed E-state index contributed by atoms with van der Waals surface area (Å²) in [6, 6.07) is 6.96. The van der Waals surface area contributed by atoms with Gasteiger partial charge in [0.25, 0.3) is 0 Å². The van der Waals surface area contributed by atoms with Crippen LogP contribution >= 0.6 is 0 Å². The van der Waals surface area contributed by atoms with E-state index < -0.39 is 9.84 Å². The first-order valence-electron chi connectivity index (χ1n) is 6.38. The third-order valence-corrected chi connectivity index (χ3v) is 4.77. The number of carbonyl (C=O) groups is 1. The molecule has 0 unspecified atom stereocenters. The molecule has 1 saturated carbocycles. The molecule has 5 nitrogen and oxygen atoms in total. The Labute approximate surface area is 113 Å². The van der Waals surface area contributed by atoms with E-state index in [1.54, 1.807) is 31.2 Å². The highest BCUT2D eigenvalue weighted by atomic mass is 32.2. The molecular weight excluding hydrogens is 264 g/mol. The van der Waals surface area contributed by atoms with Crippen LogP contribution in [0.1, 0.15) is 19.8 Å². The molecular formula is C13H18N2O3S. The number of benzene rings is 1. The zero-order chi connectivity index (χ0) is 13.9. The molecule has 1 fully saturated rings. The summed E-state index contributed by atoms with van der Waals surface area (Å²) >= 11 is 0. The zero-order valence-corrected chi connectivity index (χ0v) is 11.7. The number of sulfone groups is 1. The van der Waals surface area contributed by atoms with Crippen LogP contribution in [0.3, 0.4) is 0 Å². The fourth-order valence-electron chi connectivity index (χ4n) is 1.72. The summed E-state index contributed by atoms with van der Waals surface area (Å²) in [5.41, 5.74) is 0.482. The summed E-state index contributed by atoms with van der Waals surface area (Å²) in [6.07, 6.45) is 2.07. The van der Waals surface area contributed by atoms with E-state index in [1.807, 2.05) is 0 Å². The summed E-state index contributed by atoms with van der Waals surface area (Å²) in [6.45, 7) is 1.69. The second-order valence-corrected chi connectivity index (χ2v) is 6.84. The number of amides is 1. The molecule has 1 aliphatic carbocycles. The molecule has 0 heterocycles. The number of anilines is 1. The lowest BCUT2D eigenvalue weighted by atomic mass is 10.3. The van der Waals surface area contributed by atoms with Gasteiger partial charge in [-0.15, -0.1) is 0 Å². The number of carbonyl (C=O) groups excluding carboxylic acids is 1. The number of nitrogens with one attached hydrogen (secondary N) is 2. The Hall–Kier alpha value is -1.56. The predicted molar refractivity (Wildman–Crippen MR) is 73.8 cm³/mol. The van der Waals surface area contributed by atoms with E-state index in [4.69, 9.17) is 0 Å². The predicted octanol–water partition coefficient (Wildman–Crippen LogP) is 1.17. The van der Waals surface area contributed by atoms with E-state index in [-0.39, 0.29) is 23.1 Å². The molecule has 0 atom stereocenters. The smallest absolute Gasteiger partial charge is 0.239 e. The molecule has 19 heavy (non-hydrogen) atoms. The van der Waals surface area contributed by atoms with Crippen molar-refractivity contribution in [2.45, 2.75) is 30.7 Å². The molecule has 2 rings (SSSR count). The zero-order valence-electron chi connectivity index (χ0n) is 10.8. The minimum Gasteiger partial charge on any atom is -0.375 e. The lowest BCUT2D eigenvalue weighted by molar-refractivity contribution is -0.119. The third-order valence-electron chi connectivity index (χ3n) is 2.98. The number of para-hydroxylation sites is 1. The molecule has 1 aromatic carbocycles. The van der Waals surface area contributed by atoms with E-state index in [1.165, 1.54) is 0 Å². The number of hydrogen-bond acceptors (Lipinski definition) is 4. The van der Waals surface area contributed by atoms with Gasteiger partial charge in [-0.2, -0.15) is 0 Å². The van der Waals surface area contributed by atoms with Crippen LogP contribution in [-0.4, -0.2) is 32.7 Å². The minimum atomic E-state index is -3.28. The summed E-state index contributed by atoms with van der Waals surface area (Å²) in [5.74, 6) is -0.0637. The van der Waals surface area contributed by atoms with E-state index in [0.29, 0.717) is 11.7 Å². The van der Waals surface area contributed by atoms with Crippen molar-refractivity contribution in [2.75, 3.05) is 17.6 Å². The van der Waals surface area contributed by atoms with Crippen molar-refractivity contribution in [1.29, 1.82) is 0 Å². The highest BCUT2D eigenvalue weighted by Crippen LogP contribution is 2.22. The second-order valence-electron chi connectivity index (χ2n) is 4.59. The van der Waals surface area contributed by atoms with E-state index in [9.17, 15) is 13.2 Å². The molecule has 0 aliphatic heterocycles. The van der Waals surface area contributed by atoms with Crippen molar-refractivity contribution in [2.24, 2.45) is 0 Å². The van der Waals surface area contributed by atoms with Crippen molar-refractivity contribution >= 4 is 21.4 Å². The first-order chi connectivity index (χ1) is 9.03. The van der Waals surface area contributed by atoms with Crippen LogP contribution in [0.2, 0.25) is 0 Å². The number of hydrogen-bond donors (Lipinski definition) is 2. The van der Waals surface area contributed by atoms with Gasteiger partial charge >= 0.3 is 0 Å². The highest BCUT2D eigenvalue weighted by molar-refractivity contribution is 7.91. The summed E-state index contributed by atoms with van der Waals surface area (Å²) in [7, 11) is -3.28. The Bertz CT molecular complexity index is 565. The van der Waals surface area contributed by atoms with Gasteiger partial charge in [-0.25, -0.2) is 8.42 Å². The van der Waals surface area contributed by atoms with Crippen LogP contribution < -0.4 is 10.6 Å². The molecule has 6 heteroatoms. The van der Waals surface area contributed by atoms with Gasteiger partial charge in [-0.1, -0.05) is 19.1 Å². The number of rotatable bonds is 6. The van der Waals surface area contributed by atoms with Crippen molar-refractivity contribution in [1.82, 2.24) is 5.32 Å².